The zero-order chi connectivity index (χ0) is 13.7. The Labute approximate surface area is 116 Å². The Morgan fingerprint density at radius 3 is 2.68 bits per heavy atom. The van der Waals surface area contributed by atoms with Crippen LogP contribution in [-0.4, -0.2) is 33.8 Å². The highest BCUT2D eigenvalue weighted by atomic mass is 32.1. The van der Waals surface area contributed by atoms with Crippen LogP contribution in [0.3, 0.4) is 0 Å². The van der Waals surface area contributed by atoms with E-state index in [0.717, 1.165) is 30.0 Å². The zero-order valence-corrected chi connectivity index (χ0v) is 11.5. The molecule has 0 amide bonds. The summed E-state index contributed by atoms with van der Waals surface area (Å²) in [4.78, 5) is 5.50. The van der Waals surface area contributed by atoms with Gasteiger partial charge in [0.15, 0.2) is 5.69 Å². The molecule has 0 saturated carbocycles. The molecular weight excluding hydrogens is 258 g/mol. The largest absolute Gasteiger partial charge is 0.329 e. The highest BCUT2D eigenvalue weighted by molar-refractivity contribution is 6.99. The van der Waals surface area contributed by atoms with Crippen molar-refractivity contribution in [3.8, 4) is 11.3 Å². The molecule has 1 aromatic heterocycles. The first kappa shape index (κ1) is 13.6. The molecule has 0 aliphatic carbocycles. The van der Waals surface area contributed by atoms with Crippen LogP contribution < -0.4 is 5.73 Å². The van der Waals surface area contributed by atoms with E-state index in [2.05, 4.69) is 18.5 Å². The van der Waals surface area contributed by atoms with Crippen LogP contribution in [0.2, 0.25) is 0 Å². The molecule has 0 unspecified atom stereocenters. The molecule has 1 aromatic carbocycles. The lowest BCUT2D eigenvalue weighted by Gasteiger charge is -2.14. The molecule has 0 saturated heterocycles. The Hall–Kier alpha value is -1.81. The summed E-state index contributed by atoms with van der Waals surface area (Å²) in [5, 5.41) is 0. The standard InChI is InChI=1S/C13H15N5S/c1-15-11-5-3-10(4-6-11)13-12(16-19-17-13)9-18(2)8-7-14/h3-6H,7-9,14H2,2H3. The van der Waals surface area contributed by atoms with Gasteiger partial charge in [-0.15, -0.1) is 0 Å². The fourth-order valence-corrected chi connectivity index (χ4v) is 2.35. The molecule has 2 rings (SSSR count). The van der Waals surface area contributed by atoms with Crippen molar-refractivity contribution in [2.45, 2.75) is 6.54 Å². The van der Waals surface area contributed by atoms with Gasteiger partial charge in [0.2, 0.25) is 0 Å². The van der Waals surface area contributed by atoms with Crippen LogP contribution in [0.4, 0.5) is 5.69 Å². The quantitative estimate of drug-likeness (QED) is 0.848. The van der Waals surface area contributed by atoms with E-state index in [-0.39, 0.29) is 0 Å². The number of aromatic nitrogens is 2. The zero-order valence-electron chi connectivity index (χ0n) is 10.7. The molecule has 2 N–H and O–H groups in total. The predicted molar refractivity (Wildman–Crippen MR) is 77.0 cm³/mol. The summed E-state index contributed by atoms with van der Waals surface area (Å²) >= 11 is 1.21. The molecule has 2 aromatic rings. The van der Waals surface area contributed by atoms with Crippen molar-refractivity contribution in [2.75, 3.05) is 20.1 Å². The molecule has 98 valence electrons. The van der Waals surface area contributed by atoms with Gasteiger partial charge >= 0.3 is 0 Å². The van der Waals surface area contributed by atoms with E-state index in [1.807, 2.05) is 19.2 Å². The van der Waals surface area contributed by atoms with Gasteiger partial charge in [-0.05, 0) is 7.05 Å². The number of hydrogen-bond acceptors (Lipinski definition) is 5. The maximum absolute atomic E-state index is 6.95. The molecule has 1 heterocycles. The Balaban J connectivity index is 2.21. The highest BCUT2D eigenvalue weighted by Gasteiger charge is 2.12. The molecule has 0 bridgehead atoms. The van der Waals surface area contributed by atoms with E-state index in [1.54, 1.807) is 12.1 Å². The number of nitrogens with two attached hydrogens (primary N) is 1. The van der Waals surface area contributed by atoms with Crippen LogP contribution in [-0.2, 0) is 6.54 Å². The molecule has 0 atom stereocenters. The molecule has 5 nitrogen and oxygen atoms in total. The Kier molecular flexibility index (Phi) is 4.58. The van der Waals surface area contributed by atoms with Crippen LogP contribution in [0.1, 0.15) is 5.69 Å². The molecule has 19 heavy (non-hydrogen) atoms. The third-order valence-corrected chi connectivity index (χ3v) is 3.32. The van der Waals surface area contributed by atoms with Crippen LogP contribution >= 0.6 is 11.7 Å². The summed E-state index contributed by atoms with van der Waals surface area (Å²) in [5.41, 5.74) is 9.02. The summed E-state index contributed by atoms with van der Waals surface area (Å²) in [5.74, 6) is 0. The fraction of sp³-hybridized carbons (Fsp3) is 0.308. The maximum Gasteiger partial charge on any atom is 0.187 e. The molecular formula is C13H15N5S. The fourth-order valence-electron chi connectivity index (χ4n) is 1.78. The highest BCUT2D eigenvalue weighted by Crippen LogP contribution is 2.25. The molecule has 0 aliphatic rings. The minimum absolute atomic E-state index is 0.628. The summed E-state index contributed by atoms with van der Waals surface area (Å²) in [7, 11) is 2.01. The van der Waals surface area contributed by atoms with Gasteiger partial charge in [0.1, 0.15) is 5.69 Å². The molecule has 0 spiro atoms. The van der Waals surface area contributed by atoms with E-state index in [0.29, 0.717) is 12.2 Å². The van der Waals surface area contributed by atoms with Gasteiger partial charge in [0.25, 0.3) is 0 Å². The lowest BCUT2D eigenvalue weighted by atomic mass is 10.1. The van der Waals surface area contributed by atoms with Crippen molar-refractivity contribution in [3.63, 3.8) is 0 Å². The first-order valence-corrected chi connectivity index (χ1v) is 6.65. The third-order valence-electron chi connectivity index (χ3n) is 2.76. The lowest BCUT2D eigenvalue weighted by Crippen LogP contribution is -2.25. The summed E-state index contributed by atoms with van der Waals surface area (Å²) in [6.45, 7) is 9.14. The lowest BCUT2D eigenvalue weighted by molar-refractivity contribution is 0.333. The van der Waals surface area contributed by atoms with Crippen molar-refractivity contribution in [1.82, 2.24) is 13.6 Å². The Morgan fingerprint density at radius 2 is 2.05 bits per heavy atom. The van der Waals surface area contributed by atoms with Crippen LogP contribution in [0.5, 0.6) is 0 Å². The van der Waals surface area contributed by atoms with Gasteiger partial charge in [0, 0.05) is 25.2 Å². The minimum atomic E-state index is 0.628. The van der Waals surface area contributed by atoms with Gasteiger partial charge in [-0.2, -0.15) is 8.75 Å². The SMILES string of the molecule is [C-]#[N+]c1ccc(-c2nsnc2CN(C)CCN)cc1. The summed E-state index contributed by atoms with van der Waals surface area (Å²) in [6.07, 6.45) is 0. The van der Waals surface area contributed by atoms with Crippen LogP contribution in [0.15, 0.2) is 24.3 Å². The van der Waals surface area contributed by atoms with Crippen molar-refractivity contribution in [1.29, 1.82) is 0 Å². The van der Waals surface area contributed by atoms with Crippen molar-refractivity contribution in [2.24, 2.45) is 5.73 Å². The number of nitrogens with zero attached hydrogens (tertiary/aromatic N) is 4. The first-order chi connectivity index (χ1) is 9.24. The third kappa shape index (κ3) is 3.35. The second-order valence-corrected chi connectivity index (χ2v) is 4.77. The first-order valence-electron chi connectivity index (χ1n) is 5.92. The topological polar surface area (TPSA) is 59.4 Å². The smallest absolute Gasteiger partial charge is 0.187 e. The van der Waals surface area contributed by atoms with Gasteiger partial charge in [0.05, 0.1) is 24.0 Å². The second kappa shape index (κ2) is 6.38. The van der Waals surface area contributed by atoms with E-state index in [1.165, 1.54) is 11.7 Å². The van der Waals surface area contributed by atoms with Gasteiger partial charge in [-0.3, -0.25) is 4.90 Å². The summed E-state index contributed by atoms with van der Waals surface area (Å²) < 4.78 is 8.70. The number of likely N-dealkylation sites (N-methyl/N-ethyl adjacent to an activating group) is 1. The van der Waals surface area contributed by atoms with E-state index < -0.39 is 0 Å². The monoisotopic (exact) mass is 273 g/mol. The molecule has 6 heteroatoms. The van der Waals surface area contributed by atoms with Crippen molar-refractivity contribution in [3.05, 3.63) is 41.4 Å². The molecule has 0 fully saturated rings. The minimum Gasteiger partial charge on any atom is -0.329 e. The number of benzene rings is 1. The maximum atomic E-state index is 6.95. The van der Waals surface area contributed by atoms with Gasteiger partial charge < -0.3 is 5.73 Å². The predicted octanol–water partition coefficient (Wildman–Crippen LogP) is 2.15. The number of hydrogen-bond donors (Lipinski definition) is 1. The van der Waals surface area contributed by atoms with E-state index >= 15 is 0 Å². The van der Waals surface area contributed by atoms with Crippen LogP contribution in [0, 0.1) is 6.57 Å². The van der Waals surface area contributed by atoms with Crippen LogP contribution in [0.25, 0.3) is 16.1 Å². The van der Waals surface area contributed by atoms with Gasteiger partial charge in [-0.1, -0.05) is 24.3 Å². The second-order valence-electron chi connectivity index (χ2n) is 4.24. The van der Waals surface area contributed by atoms with Crippen molar-refractivity contribution >= 4 is 17.4 Å². The normalized spacial score (nSPS) is 10.6. The average Bonchev–Trinajstić information content (AvgIpc) is 2.87. The van der Waals surface area contributed by atoms with E-state index in [4.69, 9.17) is 12.3 Å². The number of rotatable bonds is 5. The van der Waals surface area contributed by atoms with Gasteiger partial charge in [-0.25, -0.2) is 4.85 Å². The molecule has 0 radical (unpaired) electrons. The van der Waals surface area contributed by atoms with Crippen molar-refractivity contribution < 1.29 is 0 Å². The van der Waals surface area contributed by atoms with E-state index in [9.17, 15) is 0 Å². The average molecular weight is 273 g/mol. The summed E-state index contributed by atoms with van der Waals surface area (Å²) in [6, 6.07) is 7.43. The Bertz CT molecular complexity index is 569. The molecule has 0 aliphatic heterocycles. The Morgan fingerprint density at radius 1 is 1.32 bits per heavy atom.